The zero-order valence-corrected chi connectivity index (χ0v) is 13.8. The highest BCUT2D eigenvalue weighted by molar-refractivity contribution is 6.08. The maximum atomic E-state index is 14.1. The van der Waals surface area contributed by atoms with E-state index in [-0.39, 0.29) is 13.0 Å². The summed E-state index contributed by atoms with van der Waals surface area (Å²) in [6.07, 6.45) is 1.96. The first-order chi connectivity index (χ1) is 12.5. The van der Waals surface area contributed by atoms with Crippen LogP contribution in [0.5, 0.6) is 0 Å². The fourth-order valence-corrected chi connectivity index (χ4v) is 2.32. The van der Waals surface area contributed by atoms with E-state index >= 15 is 0 Å². The monoisotopic (exact) mass is 362 g/mol. The van der Waals surface area contributed by atoms with E-state index in [2.05, 4.69) is 10.5 Å². The standard InChI is InChI=1S/C19H17F3N2O2/c20-14-8-9-15(21)18(22)17(14)19(24-26-11-13-6-7-13)23-16(25)10-12-4-2-1-3-5-12/h1-5,8-9,13H,6-7,10-11H2,(H,23,24,25). The van der Waals surface area contributed by atoms with Gasteiger partial charge >= 0.3 is 0 Å². The molecule has 0 unspecified atom stereocenters. The number of carbonyl (C=O) groups is 1. The summed E-state index contributed by atoms with van der Waals surface area (Å²) in [7, 11) is 0. The van der Waals surface area contributed by atoms with Crippen molar-refractivity contribution in [2.45, 2.75) is 19.3 Å². The van der Waals surface area contributed by atoms with E-state index in [0.717, 1.165) is 18.9 Å². The molecule has 0 saturated heterocycles. The minimum Gasteiger partial charge on any atom is -0.394 e. The van der Waals surface area contributed by atoms with Crippen LogP contribution in [0.2, 0.25) is 0 Å². The fraction of sp³-hybridized carbons (Fsp3) is 0.263. The van der Waals surface area contributed by atoms with E-state index in [0.29, 0.717) is 17.5 Å². The van der Waals surface area contributed by atoms with Crippen LogP contribution in [0.25, 0.3) is 0 Å². The van der Waals surface area contributed by atoms with Crippen LogP contribution < -0.4 is 5.32 Å². The molecule has 3 rings (SSSR count). The Hall–Kier alpha value is -2.83. The lowest BCUT2D eigenvalue weighted by Gasteiger charge is -2.11. The Morgan fingerprint density at radius 3 is 2.46 bits per heavy atom. The van der Waals surface area contributed by atoms with Gasteiger partial charge < -0.3 is 10.2 Å². The van der Waals surface area contributed by atoms with Crippen molar-refractivity contribution in [3.63, 3.8) is 0 Å². The fourth-order valence-electron chi connectivity index (χ4n) is 2.32. The maximum Gasteiger partial charge on any atom is 0.230 e. The third kappa shape index (κ3) is 4.62. The molecular weight excluding hydrogens is 345 g/mol. The molecule has 0 radical (unpaired) electrons. The topological polar surface area (TPSA) is 50.7 Å². The average Bonchev–Trinajstić information content (AvgIpc) is 3.43. The van der Waals surface area contributed by atoms with E-state index in [1.165, 1.54) is 0 Å². The molecule has 1 amide bonds. The van der Waals surface area contributed by atoms with E-state index in [1.807, 2.05) is 0 Å². The van der Waals surface area contributed by atoms with Gasteiger partial charge in [-0.15, -0.1) is 0 Å². The summed E-state index contributed by atoms with van der Waals surface area (Å²) in [6, 6.07) is 10.3. The third-order valence-electron chi connectivity index (χ3n) is 3.91. The molecule has 1 aliphatic carbocycles. The van der Waals surface area contributed by atoms with Gasteiger partial charge in [0.2, 0.25) is 5.91 Å². The molecule has 0 atom stereocenters. The van der Waals surface area contributed by atoms with Gasteiger partial charge in [-0.2, -0.15) is 0 Å². The van der Waals surface area contributed by atoms with Crippen LogP contribution in [0.1, 0.15) is 24.0 Å². The second kappa shape index (κ2) is 8.03. The lowest BCUT2D eigenvalue weighted by atomic mass is 10.1. The predicted molar refractivity (Wildman–Crippen MR) is 89.8 cm³/mol. The summed E-state index contributed by atoms with van der Waals surface area (Å²) >= 11 is 0. The van der Waals surface area contributed by atoms with Gasteiger partial charge in [-0.25, -0.2) is 13.2 Å². The quantitative estimate of drug-likeness (QED) is 0.370. The predicted octanol–water partition coefficient (Wildman–Crippen LogP) is 3.55. The zero-order chi connectivity index (χ0) is 18.5. The number of rotatable bonds is 6. The Morgan fingerprint density at radius 2 is 1.77 bits per heavy atom. The molecule has 2 aromatic rings. The molecule has 2 aromatic carbocycles. The Labute approximate surface area is 148 Å². The lowest BCUT2D eigenvalue weighted by molar-refractivity contribution is -0.119. The lowest BCUT2D eigenvalue weighted by Crippen LogP contribution is -2.34. The third-order valence-corrected chi connectivity index (χ3v) is 3.91. The number of amides is 1. The summed E-state index contributed by atoms with van der Waals surface area (Å²) in [4.78, 5) is 17.3. The van der Waals surface area contributed by atoms with Crippen molar-refractivity contribution in [1.82, 2.24) is 5.32 Å². The van der Waals surface area contributed by atoms with Crippen molar-refractivity contribution in [2.24, 2.45) is 11.1 Å². The van der Waals surface area contributed by atoms with E-state index in [1.54, 1.807) is 30.3 Å². The number of halogens is 3. The van der Waals surface area contributed by atoms with E-state index in [9.17, 15) is 18.0 Å². The number of nitrogens with one attached hydrogen (secondary N) is 1. The largest absolute Gasteiger partial charge is 0.394 e. The van der Waals surface area contributed by atoms with Crippen LogP contribution in [0.15, 0.2) is 47.6 Å². The van der Waals surface area contributed by atoms with Crippen molar-refractivity contribution >= 4 is 11.7 Å². The molecule has 1 fully saturated rings. The molecule has 26 heavy (non-hydrogen) atoms. The van der Waals surface area contributed by atoms with Crippen molar-refractivity contribution in [2.75, 3.05) is 6.61 Å². The second-order valence-corrected chi connectivity index (χ2v) is 6.11. The highest BCUT2D eigenvalue weighted by Gasteiger charge is 2.24. The van der Waals surface area contributed by atoms with Gasteiger partial charge in [0, 0.05) is 0 Å². The first-order valence-electron chi connectivity index (χ1n) is 8.22. The number of amidine groups is 1. The molecule has 4 nitrogen and oxygen atoms in total. The molecule has 1 aliphatic rings. The van der Waals surface area contributed by atoms with Gasteiger partial charge in [-0.1, -0.05) is 35.5 Å². The van der Waals surface area contributed by atoms with Crippen molar-refractivity contribution in [3.8, 4) is 0 Å². The number of benzene rings is 2. The normalized spacial score (nSPS) is 14.2. The second-order valence-electron chi connectivity index (χ2n) is 6.11. The summed E-state index contributed by atoms with van der Waals surface area (Å²) in [5, 5.41) is 5.98. The van der Waals surface area contributed by atoms with Gasteiger partial charge in [0.1, 0.15) is 12.4 Å². The van der Waals surface area contributed by atoms with E-state index in [4.69, 9.17) is 4.84 Å². The van der Waals surface area contributed by atoms with Crippen molar-refractivity contribution < 1.29 is 22.8 Å². The Morgan fingerprint density at radius 1 is 1.08 bits per heavy atom. The molecule has 0 spiro atoms. The maximum absolute atomic E-state index is 14.1. The number of nitrogens with zero attached hydrogens (tertiary/aromatic N) is 1. The number of hydrogen-bond donors (Lipinski definition) is 1. The number of oxime groups is 1. The summed E-state index contributed by atoms with van der Waals surface area (Å²) < 4.78 is 41.7. The minimum absolute atomic E-state index is 0.0267. The first kappa shape index (κ1) is 18.0. The molecule has 1 saturated carbocycles. The first-order valence-corrected chi connectivity index (χ1v) is 8.22. The van der Waals surface area contributed by atoms with Crippen LogP contribution >= 0.6 is 0 Å². The molecule has 7 heteroatoms. The van der Waals surface area contributed by atoms with Crippen LogP contribution in [-0.4, -0.2) is 18.3 Å². The van der Waals surface area contributed by atoms with Crippen LogP contribution in [0.4, 0.5) is 13.2 Å². The number of carbonyl (C=O) groups excluding carboxylic acids is 1. The SMILES string of the molecule is O=C(Cc1ccccc1)N/C(=N\OCC1CC1)c1c(F)ccc(F)c1F. The van der Waals surface area contributed by atoms with Crippen LogP contribution in [0.3, 0.4) is 0 Å². The zero-order valence-electron chi connectivity index (χ0n) is 13.8. The van der Waals surface area contributed by atoms with Gasteiger partial charge in [0.25, 0.3) is 0 Å². The van der Waals surface area contributed by atoms with Crippen molar-refractivity contribution in [3.05, 3.63) is 71.0 Å². The molecular formula is C19H17F3N2O2. The van der Waals surface area contributed by atoms with Crippen LogP contribution in [-0.2, 0) is 16.1 Å². The summed E-state index contributed by atoms with van der Waals surface area (Å²) in [5.74, 6) is -4.40. The Kier molecular flexibility index (Phi) is 5.55. The van der Waals surface area contributed by atoms with Crippen LogP contribution in [0, 0.1) is 23.4 Å². The van der Waals surface area contributed by atoms with Gasteiger partial charge in [-0.05, 0) is 36.5 Å². The Balaban J connectivity index is 1.81. The summed E-state index contributed by atoms with van der Waals surface area (Å²) in [6.45, 7) is 0.274. The molecule has 0 aromatic heterocycles. The molecule has 0 heterocycles. The highest BCUT2D eigenvalue weighted by atomic mass is 19.2. The molecule has 0 bridgehead atoms. The smallest absolute Gasteiger partial charge is 0.230 e. The minimum atomic E-state index is -1.43. The van der Waals surface area contributed by atoms with Gasteiger partial charge in [-0.3, -0.25) is 4.79 Å². The van der Waals surface area contributed by atoms with Gasteiger partial charge in [0.15, 0.2) is 17.5 Å². The van der Waals surface area contributed by atoms with Gasteiger partial charge in [0.05, 0.1) is 12.0 Å². The molecule has 0 aliphatic heterocycles. The van der Waals surface area contributed by atoms with Crippen molar-refractivity contribution in [1.29, 1.82) is 0 Å². The molecule has 136 valence electrons. The summed E-state index contributed by atoms with van der Waals surface area (Å²) in [5.41, 5.74) is -0.0503. The Bertz CT molecular complexity index is 821. The molecule has 1 N–H and O–H groups in total. The van der Waals surface area contributed by atoms with E-state index < -0.39 is 34.8 Å². The highest BCUT2D eigenvalue weighted by Crippen LogP contribution is 2.29. The number of hydrogen-bond acceptors (Lipinski definition) is 3. The average molecular weight is 362 g/mol.